The average molecular weight is 411 g/mol. The van der Waals surface area contributed by atoms with Gasteiger partial charge in [-0.3, -0.25) is 9.36 Å². The van der Waals surface area contributed by atoms with E-state index in [1.165, 1.54) is 0 Å². The molecule has 2 saturated heterocycles. The summed E-state index contributed by atoms with van der Waals surface area (Å²) in [7, 11) is 0. The molecule has 29 heavy (non-hydrogen) atoms. The molecule has 0 radical (unpaired) electrons. The van der Waals surface area contributed by atoms with Crippen molar-refractivity contribution in [3.63, 3.8) is 0 Å². The molecule has 2 aromatic heterocycles. The second-order valence-corrected chi connectivity index (χ2v) is 6.81. The van der Waals surface area contributed by atoms with E-state index in [0.29, 0.717) is 4.57 Å². The minimum Gasteiger partial charge on any atom is -0.394 e. The van der Waals surface area contributed by atoms with E-state index in [9.17, 15) is 29.6 Å². The summed E-state index contributed by atoms with van der Waals surface area (Å²) < 4.78 is 27.4. The molecule has 0 saturated carbocycles. The highest BCUT2D eigenvalue weighted by atomic mass is 19.1. The Morgan fingerprint density at radius 1 is 1.41 bits per heavy atom. The smallest absolute Gasteiger partial charge is 0.285 e. The van der Waals surface area contributed by atoms with Crippen LogP contribution in [0.5, 0.6) is 0 Å². The molecule has 12 nitrogen and oxygen atoms in total. The first-order valence-electron chi connectivity index (χ1n) is 8.58. The number of nitrogen functional groups attached to an aromatic ring is 1. The van der Waals surface area contributed by atoms with Gasteiger partial charge in [0.05, 0.1) is 19.5 Å². The van der Waals surface area contributed by atoms with Crippen LogP contribution in [-0.4, -0.2) is 82.8 Å². The van der Waals surface area contributed by atoms with Crippen LogP contribution in [0.4, 0.5) is 10.3 Å². The van der Waals surface area contributed by atoms with Crippen molar-refractivity contribution in [1.82, 2.24) is 19.1 Å². The van der Waals surface area contributed by atoms with Crippen LogP contribution in [0.2, 0.25) is 0 Å². The van der Waals surface area contributed by atoms with Crippen molar-refractivity contribution in [3.8, 4) is 12.3 Å². The standard InChI is InChI=1S/C16H18FN5O7/c1-2-16(17)7(24)4-28-14(16)22-12(27)8-11(20-15(22)18)21(5-19-8)13-10(26)9(25)6(3-23)29-13/h1,5-7,9-10,13-14,23-26H,3-4H2,(H2,18,20)/t6-,7-,9-,10-,13-,14-,16-/m1/s1. The molecular weight excluding hydrogens is 393 g/mol. The molecule has 6 N–H and O–H groups in total. The van der Waals surface area contributed by atoms with E-state index in [-0.39, 0.29) is 11.2 Å². The summed E-state index contributed by atoms with van der Waals surface area (Å²) in [6, 6.07) is 0. The Morgan fingerprint density at radius 2 is 2.14 bits per heavy atom. The number of anilines is 1. The van der Waals surface area contributed by atoms with Crippen molar-refractivity contribution in [3.05, 3.63) is 16.7 Å². The second-order valence-electron chi connectivity index (χ2n) is 6.81. The molecule has 0 aromatic carbocycles. The van der Waals surface area contributed by atoms with Gasteiger partial charge in [-0.15, -0.1) is 6.42 Å². The van der Waals surface area contributed by atoms with Crippen LogP contribution in [0.15, 0.2) is 11.1 Å². The molecule has 2 fully saturated rings. The predicted octanol–water partition coefficient (Wildman–Crippen LogP) is -2.98. The topological polar surface area (TPSA) is 178 Å². The Hall–Kier alpha value is -2.60. The fourth-order valence-electron chi connectivity index (χ4n) is 3.54. The van der Waals surface area contributed by atoms with E-state index in [1.807, 2.05) is 0 Å². The van der Waals surface area contributed by atoms with Gasteiger partial charge in [-0.2, -0.15) is 4.98 Å². The van der Waals surface area contributed by atoms with Gasteiger partial charge >= 0.3 is 0 Å². The fraction of sp³-hybridized carbons (Fsp3) is 0.562. The van der Waals surface area contributed by atoms with Gasteiger partial charge in [0.2, 0.25) is 11.6 Å². The van der Waals surface area contributed by atoms with Gasteiger partial charge in [0.15, 0.2) is 23.6 Å². The number of nitrogens with zero attached hydrogens (tertiary/aromatic N) is 4. The predicted molar refractivity (Wildman–Crippen MR) is 92.9 cm³/mol. The van der Waals surface area contributed by atoms with Gasteiger partial charge in [0.25, 0.3) is 5.56 Å². The average Bonchev–Trinajstić information content (AvgIpc) is 3.33. The molecule has 2 aliphatic rings. The Labute approximate surface area is 161 Å². The third-order valence-electron chi connectivity index (χ3n) is 5.16. The number of aliphatic hydroxyl groups excluding tert-OH is 4. The molecule has 2 aromatic rings. The van der Waals surface area contributed by atoms with Gasteiger partial charge in [-0.25, -0.2) is 13.9 Å². The number of imidazole rings is 1. The molecule has 0 bridgehead atoms. The number of hydrogen-bond donors (Lipinski definition) is 5. The quantitative estimate of drug-likeness (QED) is 0.327. The summed E-state index contributed by atoms with van der Waals surface area (Å²) in [6.45, 7) is -0.998. The van der Waals surface area contributed by atoms with Crippen LogP contribution < -0.4 is 11.3 Å². The van der Waals surface area contributed by atoms with Crippen LogP contribution in [0, 0.1) is 12.3 Å². The lowest BCUT2D eigenvalue weighted by atomic mass is 10.0. The van der Waals surface area contributed by atoms with Crippen molar-refractivity contribution in [2.45, 2.75) is 42.5 Å². The summed E-state index contributed by atoms with van der Waals surface area (Å²) in [5.41, 5.74) is 1.88. The lowest BCUT2D eigenvalue weighted by Gasteiger charge is -2.25. The zero-order chi connectivity index (χ0) is 21.1. The number of alkyl halides is 1. The molecule has 156 valence electrons. The van der Waals surface area contributed by atoms with E-state index >= 15 is 0 Å². The van der Waals surface area contributed by atoms with Gasteiger partial charge in [-0.05, 0) is 0 Å². The number of hydrogen-bond acceptors (Lipinski definition) is 10. The SMILES string of the molecule is C#C[C@@]1(F)[C@H](O)CO[C@H]1n1c(N)nc2c(ncn2[C@@H]2O[C@H](CO)[C@@H](O)[C@H]2O)c1=O. The Balaban J connectivity index is 1.82. The molecule has 4 heterocycles. The second kappa shape index (κ2) is 6.73. The summed E-state index contributed by atoms with van der Waals surface area (Å²) >= 11 is 0. The van der Waals surface area contributed by atoms with Crippen molar-refractivity contribution in [1.29, 1.82) is 0 Å². The molecule has 2 aliphatic heterocycles. The van der Waals surface area contributed by atoms with E-state index < -0.39 is 67.3 Å². The van der Waals surface area contributed by atoms with Crippen molar-refractivity contribution < 1.29 is 34.3 Å². The van der Waals surface area contributed by atoms with Crippen LogP contribution in [-0.2, 0) is 9.47 Å². The number of rotatable bonds is 3. The number of aromatic nitrogens is 4. The van der Waals surface area contributed by atoms with Gasteiger partial charge in [0.1, 0.15) is 24.4 Å². The van der Waals surface area contributed by atoms with Crippen LogP contribution >= 0.6 is 0 Å². The first kappa shape index (κ1) is 19.7. The summed E-state index contributed by atoms with van der Waals surface area (Å²) in [4.78, 5) is 20.9. The number of halogens is 1. The maximum absolute atomic E-state index is 15.0. The Kier molecular flexibility index (Phi) is 4.57. The van der Waals surface area contributed by atoms with Crippen molar-refractivity contribution in [2.24, 2.45) is 0 Å². The lowest BCUT2D eigenvalue weighted by Crippen LogP contribution is -2.43. The highest BCUT2D eigenvalue weighted by Gasteiger charge is 2.53. The maximum atomic E-state index is 15.0. The third kappa shape index (κ3) is 2.65. The Morgan fingerprint density at radius 3 is 2.76 bits per heavy atom. The fourth-order valence-corrected chi connectivity index (χ4v) is 3.54. The lowest BCUT2D eigenvalue weighted by molar-refractivity contribution is -0.0511. The van der Waals surface area contributed by atoms with E-state index in [2.05, 4.69) is 9.97 Å². The molecule has 0 unspecified atom stereocenters. The summed E-state index contributed by atoms with van der Waals surface area (Å²) in [6.07, 6.45) is -2.15. The summed E-state index contributed by atoms with van der Waals surface area (Å²) in [5, 5.41) is 39.1. The van der Waals surface area contributed by atoms with E-state index in [4.69, 9.17) is 21.6 Å². The van der Waals surface area contributed by atoms with Gasteiger partial charge in [0, 0.05) is 0 Å². The van der Waals surface area contributed by atoms with Gasteiger partial charge in [-0.1, -0.05) is 5.92 Å². The minimum atomic E-state index is -2.71. The number of fused-ring (bicyclic) bond motifs is 1. The summed E-state index contributed by atoms with van der Waals surface area (Å²) in [5.74, 6) is 1.32. The Bertz CT molecular complexity index is 1050. The first-order valence-corrected chi connectivity index (χ1v) is 8.58. The van der Waals surface area contributed by atoms with E-state index in [0.717, 1.165) is 10.9 Å². The molecule has 13 heteroatoms. The molecule has 4 rings (SSSR count). The largest absolute Gasteiger partial charge is 0.394 e. The zero-order valence-electron chi connectivity index (χ0n) is 14.8. The van der Waals surface area contributed by atoms with E-state index in [1.54, 1.807) is 5.92 Å². The van der Waals surface area contributed by atoms with Crippen LogP contribution in [0.1, 0.15) is 12.5 Å². The number of ether oxygens (including phenoxy) is 2. The highest BCUT2D eigenvalue weighted by Crippen LogP contribution is 2.38. The zero-order valence-corrected chi connectivity index (χ0v) is 14.8. The number of aliphatic hydroxyl groups is 4. The molecule has 0 amide bonds. The van der Waals surface area contributed by atoms with Gasteiger partial charge < -0.3 is 35.6 Å². The number of terminal acetylenes is 1. The maximum Gasteiger partial charge on any atom is 0.285 e. The highest BCUT2D eigenvalue weighted by molar-refractivity contribution is 5.71. The molecular formula is C16H18FN5O7. The monoisotopic (exact) mass is 411 g/mol. The first-order chi connectivity index (χ1) is 13.7. The third-order valence-corrected chi connectivity index (χ3v) is 5.16. The van der Waals surface area contributed by atoms with Crippen molar-refractivity contribution >= 4 is 17.1 Å². The molecule has 7 atom stereocenters. The van der Waals surface area contributed by atoms with Crippen LogP contribution in [0.25, 0.3) is 11.2 Å². The minimum absolute atomic E-state index is 0.109. The molecule has 0 aliphatic carbocycles. The van der Waals surface area contributed by atoms with Crippen molar-refractivity contribution in [2.75, 3.05) is 18.9 Å². The number of nitrogens with two attached hydrogens (primary N) is 1. The van der Waals surface area contributed by atoms with Crippen LogP contribution in [0.3, 0.4) is 0 Å². The normalized spacial score (nSPS) is 37.2. The molecule has 0 spiro atoms.